The Morgan fingerprint density at radius 2 is 1.79 bits per heavy atom. The van der Waals surface area contributed by atoms with Crippen molar-refractivity contribution in [3.63, 3.8) is 0 Å². The average Bonchev–Trinajstić information content (AvgIpc) is 3.15. The van der Waals surface area contributed by atoms with E-state index in [1.807, 2.05) is 30.3 Å². The van der Waals surface area contributed by atoms with Crippen molar-refractivity contribution in [1.82, 2.24) is 15.1 Å². The van der Waals surface area contributed by atoms with Crippen molar-refractivity contribution in [3.8, 4) is 0 Å². The van der Waals surface area contributed by atoms with Gasteiger partial charge in [0.15, 0.2) is 0 Å². The molecule has 2 aliphatic heterocycles. The number of nitrogens with one attached hydrogen (secondary N) is 1. The lowest BCUT2D eigenvalue weighted by Crippen LogP contribution is -2.60. The van der Waals surface area contributed by atoms with Crippen LogP contribution in [-0.2, 0) is 30.5 Å². The molecule has 3 rings (SSSR count). The minimum Gasteiger partial charge on any atom is -0.459 e. The lowest BCUT2D eigenvalue weighted by atomic mass is 10.1. The third-order valence-electron chi connectivity index (χ3n) is 5.82. The summed E-state index contributed by atoms with van der Waals surface area (Å²) >= 11 is 0. The summed E-state index contributed by atoms with van der Waals surface area (Å²) in [6.07, 6.45) is 0.918. The van der Waals surface area contributed by atoms with Crippen molar-refractivity contribution < 1.29 is 28.7 Å². The summed E-state index contributed by atoms with van der Waals surface area (Å²) in [4.78, 5) is 54.1. The highest BCUT2D eigenvalue weighted by molar-refractivity contribution is 5.91. The highest BCUT2D eigenvalue weighted by Crippen LogP contribution is 2.30. The summed E-state index contributed by atoms with van der Waals surface area (Å²) in [6.45, 7) is 7.19. The molecule has 0 aromatic heterocycles. The van der Waals surface area contributed by atoms with Crippen LogP contribution in [-0.4, -0.2) is 70.5 Å². The fourth-order valence-corrected chi connectivity index (χ4v) is 4.27. The van der Waals surface area contributed by atoms with Crippen molar-refractivity contribution in [1.29, 1.82) is 0 Å². The first-order valence-corrected chi connectivity index (χ1v) is 11.3. The molecule has 1 aromatic carbocycles. The molecule has 3 amide bonds. The standard InChI is InChI=1S/C24H33N3O6/c1-16(28)26-13-12-18-10-11-20(22(30)32-15-17-8-6-5-7-9-17)27(18)21(29)19(14-26)25-23(31)33-24(2,3)4/h5-9,18-20H,10-15H2,1-4H3,(H,25,31)/t18-,19+,20+/m1/s1. The number of nitrogens with zero attached hydrogens (tertiary/aromatic N) is 2. The van der Waals surface area contributed by atoms with E-state index in [0.717, 1.165) is 5.56 Å². The summed E-state index contributed by atoms with van der Waals surface area (Å²) in [5.74, 6) is -1.05. The molecule has 9 nitrogen and oxygen atoms in total. The number of alkyl carbamates (subject to hydrolysis) is 1. The van der Waals surface area contributed by atoms with Gasteiger partial charge in [-0.15, -0.1) is 0 Å². The van der Waals surface area contributed by atoms with Crippen LogP contribution >= 0.6 is 0 Å². The van der Waals surface area contributed by atoms with Crippen LogP contribution in [0.15, 0.2) is 30.3 Å². The zero-order valence-corrected chi connectivity index (χ0v) is 19.7. The molecule has 9 heteroatoms. The Balaban J connectivity index is 1.76. The van der Waals surface area contributed by atoms with Gasteiger partial charge in [-0.2, -0.15) is 0 Å². The van der Waals surface area contributed by atoms with Crippen molar-refractivity contribution in [2.24, 2.45) is 0 Å². The molecular formula is C24H33N3O6. The van der Waals surface area contributed by atoms with Crippen molar-refractivity contribution in [3.05, 3.63) is 35.9 Å². The Labute approximate surface area is 194 Å². The monoisotopic (exact) mass is 459 g/mol. The van der Waals surface area contributed by atoms with E-state index in [2.05, 4.69) is 5.32 Å². The number of ether oxygens (including phenoxy) is 2. The highest BCUT2D eigenvalue weighted by atomic mass is 16.6. The van der Waals surface area contributed by atoms with E-state index in [1.54, 1.807) is 30.6 Å². The van der Waals surface area contributed by atoms with E-state index in [9.17, 15) is 19.2 Å². The van der Waals surface area contributed by atoms with Gasteiger partial charge in [-0.05, 0) is 45.6 Å². The van der Waals surface area contributed by atoms with Crippen LogP contribution in [0.3, 0.4) is 0 Å². The van der Waals surface area contributed by atoms with Gasteiger partial charge in [-0.25, -0.2) is 9.59 Å². The number of hydrogen-bond acceptors (Lipinski definition) is 6. The Kier molecular flexibility index (Phi) is 7.61. The number of benzene rings is 1. The molecule has 33 heavy (non-hydrogen) atoms. The molecular weight excluding hydrogens is 426 g/mol. The molecule has 2 heterocycles. The van der Waals surface area contributed by atoms with Gasteiger partial charge in [0.05, 0.1) is 6.54 Å². The van der Waals surface area contributed by atoms with Crippen LogP contribution in [0.25, 0.3) is 0 Å². The molecule has 1 aromatic rings. The predicted molar refractivity (Wildman–Crippen MR) is 120 cm³/mol. The summed E-state index contributed by atoms with van der Waals surface area (Å²) < 4.78 is 10.8. The van der Waals surface area contributed by atoms with E-state index in [1.165, 1.54) is 6.92 Å². The third-order valence-corrected chi connectivity index (χ3v) is 5.82. The Morgan fingerprint density at radius 1 is 1.09 bits per heavy atom. The zero-order valence-electron chi connectivity index (χ0n) is 19.7. The molecule has 3 atom stereocenters. The Morgan fingerprint density at radius 3 is 2.42 bits per heavy atom. The number of hydrogen-bond donors (Lipinski definition) is 1. The van der Waals surface area contributed by atoms with Gasteiger partial charge < -0.3 is 24.6 Å². The van der Waals surface area contributed by atoms with Gasteiger partial charge in [0, 0.05) is 19.5 Å². The molecule has 1 N–H and O–H groups in total. The van der Waals surface area contributed by atoms with Gasteiger partial charge in [-0.1, -0.05) is 30.3 Å². The van der Waals surface area contributed by atoms with Gasteiger partial charge in [0.1, 0.15) is 24.3 Å². The molecule has 2 aliphatic rings. The van der Waals surface area contributed by atoms with Crippen LogP contribution in [0, 0.1) is 0 Å². The largest absolute Gasteiger partial charge is 0.459 e. The maximum absolute atomic E-state index is 13.5. The zero-order chi connectivity index (χ0) is 24.2. The molecule has 0 radical (unpaired) electrons. The van der Waals surface area contributed by atoms with Crippen LogP contribution in [0.2, 0.25) is 0 Å². The lowest BCUT2D eigenvalue weighted by molar-refractivity contribution is -0.157. The SMILES string of the molecule is CC(=O)N1CC[C@H]2CC[C@@H](C(=O)OCc3ccccc3)N2C(=O)[C@@H](NC(=O)OC(C)(C)C)C1. The second-order valence-electron chi connectivity index (χ2n) is 9.54. The number of rotatable bonds is 4. The molecule has 2 fully saturated rings. The fraction of sp³-hybridized carbons (Fsp3) is 0.583. The average molecular weight is 460 g/mol. The summed E-state index contributed by atoms with van der Waals surface area (Å²) in [6, 6.07) is 7.39. The van der Waals surface area contributed by atoms with Gasteiger partial charge >= 0.3 is 12.1 Å². The van der Waals surface area contributed by atoms with E-state index in [4.69, 9.17) is 9.47 Å². The van der Waals surface area contributed by atoms with Crippen molar-refractivity contribution in [2.45, 2.75) is 77.3 Å². The van der Waals surface area contributed by atoms with Crippen LogP contribution in [0.5, 0.6) is 0 Å². The smallest absolute Gasteiger partial charge is 0.408 e. The van der Waals surface area contributed by atoms with Crippen LogP contribution < -0.4 is 5.32 Å². The van der Waals surface area contributed by atoms with E-state index >= 15 is 0 Å². The maximum atomic E-state index is 13.5. The molecule has 2 saturated heterocycles. The molecule has 0 bridgehead atoms. The first kappa shape index (κ1) is 24.5. The van der Waals surface area contributed by atoms with Crippen LogP contribution in [0.4, 0.5) is 4.79 Å². The maximum Gasteiger partial charge on any atom is 0.408 e. The quantitative estimate of drug-likeness (QED) is 0.693. The summed E-state index contributed by atoms with van der Waals surface area (Å²) in [5, 5.41) is 2.61. The number of fused-ring (bicyclic) bond motifs is 1. The first-order chi connectivity index (χ1) is 15.5. The molecule has 180 valence electrons. The highest BCUT2D eigenvalue weighted by Gasteiger charge is 2.46. The van der Waals surface area contributed by atoms with Crippen LogP contribution in [0.1, 0.15) is 52.5 Å². The molecule has 0 unspecified atom stereocenters. The minimum absolute atomic E-state index is 0.0163. The minimum atomic E-state index is -1.02. The number of esters is 1. The fourth-order valence-electron chi connectivity index (χ4n) is 4.27. The first-order valence-electron chi connectivity index (χ1n) is 11.3. The molecule has 0 aliphatic carbocycles. The topological polar surface area (TPSA) is 105 Å². The number of carbonyl (C=O) groups excluding carboxylic acids is 4. The van der Waals surface area contributed by atoms with E-state index < -0.39 is 35.7 Å². The molecule has 0 spiro atoms. The van der Waals surface area contributed by atoms with E-state index in [-0.39, 0.29) is 25.1 Å². The lowest BCUT2D eigenvalue weighted by Gasteiger charge is -2.38. The van der Waals surface area contributed by atoms with Crippen molar-refractivity contribution in [2.75, 3.05) is 13.1 Å². The summed E-state index contributed by atoms with van der Waals surface area (Å²) in [7, 11) is 0. The summed E-state index contributed by atoms with van der Waals surface area (Å²) in [5.41, 5.74) is 0.121. The van der Waals surface area contributed by atoms with Gasteiger partial charge in [-0.3, -0.25) is 9.59 Å². The van der Waals surface area contributed by atoms with Gasteiger partial charge in [0.25, 0.3) is 0 Å². The molecule has 0 saturated carbocycles. The number of carbonyl (C=O) groups is 4. The second kappa shape index (κ2) is 10.2. The number of amides is 3. The van der Waals surface area contributed by atoms with Gasteiger partial charge in [0.2, 0.25) is 11.8 Å². The third kappa shape index (κ3) is 6.46. The van der Waals surface area contributed by atoms with E-state index in [0.29, 0.717) is 25.8 Å². The predicted octanol–water partition coefficient (Wildman–Crippen LogP) is 2.23. The second-order valence-corrected chi connectivity index (χ2v) is 9.54. The normalized spacial score (nSPS) is 23.3. The Bertz CT molecular complexity index is 882. The van der Waals surface area contributed by atoms with Crippen molar-refractivity contribution >= 4 is 23.9 Å². The Hall–Kier alpha value is -3.10.